The predicted octanol–water partition coefficient (Wildman–Crippen LogP) is 4.26. The molecule has 20 heavy (non-hydrogen) atoms. The van der Waals surface area contributed by atoms with Gasteiger partial charge in [-0.1, -0.05) is 23.7 Å². The largest absolute Gasteiger partial charge is 0.447 e. The summed E-state index contributed by atoms with van der Waals surface area (Å²) in [5.74, 6) is 0.443. The van der Waals surface area contributed by atoms with Gasteiger partial charge in [0.15, 0.2) is 0 Å². The molecule has 7 heteroatoms. The molecule has 0 spiro atoms. The lowest BCUT2D eigenvalue weighted by Crippen LogP contribution is -1.97. The van der Waals surface area contributed by atoms with Gasteiger partial charge in [-0.2, -0.15) is 0 Å². The van der Waals surface area contributed by atoms with Crippen LogP contribution in [0.4, 0.5) is 5.69 Å². The Morgan fingerprint density at radius 2 is 2.10 bits per heavy atom. The van der Waals surface area contributed by atoms with Crippen LogP contribution in [0.5, 0.6) is 11.5 Å². The Balaban J connectivity index is 2.42. The van der Waals surface area contributed by atoms with E-state index in [0.29, 0.717) is 16.8 Å². The zero-order valence-electron chi connectivity index (χ0n) is 10.2. The van der Waals surface area contributed by atoms with Crippen molar-refractivity contribution in [2.75, 3.05) is 0 Å². The topological polar surface area (TPSA) is 78.4 Å². The summed E-state index contributed by atoms with van der Waals surface area (Å²) >= 11 is 9.31. The molecule has 2 N–H and O–H groups in total. The number of hydrogen-bond donors (Lipinski definition) is 1. The van der Waals surface area contributed by atoms with Crippen LogP contribution in [0.25, 0.3) is 0 Å². The first kappa shape index (κ1) is 14.8. The Morgan fingerprint density at radius 1 is 1.35 bits per heavy atom. The first-order chi connectivity index (χ1) is 9.52. The summed E-state index contributed by atoms with van der Waals surface area (Å²) in [5, 5.41) is 11.2. The lowest BCUT2D eigenvalue weighted by molar-refractivity contribution is -0.385. The lowest BCUT2D eigenvalue weighted by Gasteiger charge is -2.10. The van der Waals surface area contributed by atoms with E-state index in [1.54, 1.807) is 18.2 Å². The van der Waals surface area contributed by atoms with Crippen LogP contribution in [0.15, 0.2) is 40.9 Å². The van der Waals surface area contributed by atoms with Gasteiger partial charge in [-0.05, 0) is 39.7 Å². The van der Waals surface area contributed by atoms with E-state index in [9.17, 15) is 10.1 Å². The molecule has 2 aromatic rings. The number of para-hydroxylation sites is 1. The minimum atomic E-state index is -0.538. The zero-order chi connectivity index (χ0) is 14.7. The summed E-state index contributed by atoms with van der Waals surface area (Å²) in [6.45, 7) is 0.394. The molecular weight excluding hydrogens is 348 g/mol. The molecule has 0 radical (unpaired) electrons. The maximum Gasteiger partial charge on any atom is 0.313 e. The fourth-order valence-corrected chi connectivity index (χ4v) is 2.32. The van der Waals surface area contributed by atoms with Gasteiger partial charge in [0.25, 0.3) is 0 Å². The van der Waals surface area contributed by atoms with Crippen molar-refractivity contribution in [3.63, 3.8) is 0 Å². The number of nitrogens with two attached hydrogens (primary N) is 1. The number of nitro groups is 1. The number of rotatable bonds is 4. The molecule has 2 rings (SSSR count). The van der Waals surface area contributed by atoms with Crippen molar-refractivity contribution in [2.45, 2.75) is 6.54 Å². The number of hydrogen-bond acceptors (Lipinski definition) is 4. The lowest BCUT2D eigenvalue weighted by atomic mass is 10.2. The summed E-state index contributed by atoms with van der Waals surface area (Å²) in [6, 6.07) is 9.62. The van der Waals surface area contributed by atoms with Gasteiger partial charge in [0.05, 0.1) is 14.4 Å². The Morgan fingerprint density at radius 3 is 2.70 bits per heavy atom. The van der Waals surface area contributed by atoms with Crippen molar-refractivity contribution in [3.05, 3.63) is 61.6 Å². The quantitative estimate of drug-likeness (QED) is 0.655. The minimum Gasteiger partial charge on any atom is -0.447 e. The van der Waals surface area contributed by atoms with Crippen LogP contribution >= 0.6 is 27.5 Å². The molecule has 2 aromatic carbocycles. The molecule has 0 fully saturated rings. The maximum absolute atomic E-state index is 11.0. The predicted molar refractivity (Wildman–Crippen MR) is 80.2 cm³/mol. The number of halogens is 2. The van der Waals surface area contributed by atoms with Gasteiger partial charge in [0.1, 0.15) is 5.75 Å². The van der Waals surface area contributed by atoms with Gasteiger partial charge < -0.3 is 10.5 Å². The second-order valence-electron chi connectivity index (χ2n) is 3.92. The van der Waals surface area contributed by atoms with Crippen molar-refractivity contribution in [1.82, 2.24) is 0 Å². The monoisotopic (exact) mass is 356 g/mol. The van der Waals surface area contributed by atoms with Gasteiger partial charge >= 0.3 is 5.69 Å². The average Bonchev–Trinajstić information content (AvgIpc) is 2.42. The Hall–Kier alpha value is -1.63. The SMILES string of the molecule is NCc1ccc(Oc2c(Cl)cccc2[N+](=O)[O-])c(Br)c1. The molecule has 5 nitrogen and oxygen atoms in total. The molecule has 0 bridgehead atoms. The van der Waals surface area contributed by atoms with Gasteiger partial charge in [-0.15, -0.1) is 0 Å². The van der Waals surface area contributed by atoms with Crippen LogP contribution in [0, 0.1) is 10.1 Å². The molecule has 104 valence electrons. The molecule has 0 aromatic heterocycles. The van der Waals surface area contributed by atoms with E-state index in [1.807, 2.05) is 0 Å². The molecule has 0 aliphatic rings. The maximum atomic E-state index is 11.0. The second-order valence-corrected chi connectivity index (χ2v) is 5.18. The van der Waals surface area contributed by atoms with Crippen LogP contribution in [0.1, 0.15) is 5.56 Å². The van der Waals surface area contributed by atoms with Gasteiger partial charge in [-0.25, -0.2) is 0 Å². The van der Waals surface area contributed by atoms with Crippen LogP contribution in [0.3, 0.4) is 0 Å². The number of nitro benzene ring substituents is 1. The third-order valence-electron chi connectivity index (χ3n) is 2.59. The molecular formula is C13H10BrClN2O3. The van der Waals surface area contributed by atoms with Crippen molar-refractivity contribution in [2.24, 2.45) is 5.73 Å². The minimum absolute atomic E-state index is 0.0142. The van der Waals surface area contributed by atoms with E-state index in [1.165, 1.54) is 18.2 Å². The molecule has 0 unspecified atom stereocenters. The van der Waals surface area contributed by atoms with Crippen LogP contribution < -0.4 is 10.5 Å². The standard InChI is InChI=1S/C13H10BrClN2O3/c14-9-6-8(7-16)4-5-12(9)20-13-10(15)2-1-3-11(13)17(18)19/h1-6H,7,16H2. The summed E-state index contributed by atoms with van der Waals surface area (Å²) in [4.78, 5) is 10.4. The highest BCUT2D eigenvalue weighted by molar-refractivity contribution is 9.10. The summed E-state index contributed by atoms with van der Waals surface area (Å²) < 4.78 is 6.22. The Bertz CT molecular complexity index is 664. The smallest absolute Gasteiger partial charge is 0.313 e. The molecule has 0 aliphatic heterocycles. The van der Waals surface area contributed by atoms with E-state index >= 15 is 0 Å². The van der Waals surface area contributed by atoms with Crippen LogP contribution in [-0.4, -0.2) is 4.92 Å². The second kappa shape index (κ2) is 6.21. The van der Waals surface area contributed by atoms with Gasteiger partial charge in [0.2, 0.25) is 5.75 Å². The number of benzene rings is 2. The van der Waals surface area contributed by atoms with Gasteiger partial charge in [0, 0.05) is 12.6 Å². The molecule has 0 saturated carbocycles. The highest BCUT2D eigenvalue weighted by atomic mass is 79.9. The highest BCUT2D eigenvalue weighted by Gasteiger charge is 2.19. The van der Waals surface area contributed by atoms with Crippen LogP contribution in [-0.2, 0) is 6.54 Å². The van der Waals surface area contributed by atoms with E-state index in [4.69, 9.17) is 22.1 Å². The molecule has 0 saturated heterocycles. The van der Waals surface area contributed by atoms with E-state index in [-0.39, 0.29) is 16.5 Å². The molecule has 0 atom stereocenters. The fraction of sp³-hybridized carbons (Fsp3) is 0.0769. The van der Waals surface area contributed by atoms with Crippen LogP contribution in [0.2, 0.25) is 5.02 Å². The Kier molecular flexibility index (Phi) is 4.59. The van der Waals surface area contributed by atoms with Crippen molar-refractivity contribution in [3.8, 4) is 11.5 Å². The van der Waals surface area contributed by atoms with E-state index in [0.717, 1.165) is 5.56 Å². The molecule has 0 amide bonds. The summed E-state index contributed by atoms with van der Waals surface area (Å²) in [7, 11) is 0. The first-order valence-electron chi connectivity index (χ1n) is 5.62. The van der Waals surface area contributed by atoms with E-state index in [2.05, 4.69) is 15.9 Å². The third kappa shape index (κ3) is 3.09. The average molecular weight is 358 g/mol. The Labute approximate surface area is 128 Å². The van der Waals surface area contributed by atoms with Crippen molar-refractivity contribution in [1.29, 1.82) is 0 Å². The normalized spacial score (nSPS) is 10.3. The number of ether oxygens (including phenoxy) is 1. The van der Waals surface area contributed by atoms with E-state index < -0.39 is 4.92 Å². The zero-order valence-corrected chi connectivity index (χ0v) is 12.5. The van der Waals surface area contributed by atoms with Gasteiger partial charge in [-0.3, -0.25) is 10.1 Å². The number of nitrogens with zero attached hydrogens (tertiary/aromatic N) is 1. The molecule has 0 aliphatic carbocycles. The summed E-state index contributed by atoms with van der Waals surface area (Å²) in [6.07, 6.45) is 0. The highest BCUT2D eigenvalue weighted by Crippen LogP contribution is 2.40. The van der Waals surface area contributed by atoms with Crippen molar-refractivity contribution >= 4 is 33.2 Å². The van der Waals surface area contributed by atoms with Crippen molar-refractivity contribution < 1.29 is 9.66 Å². The summed E-state index contributed by atoms with van der Waals surface area (Å²) in [5.41, 5.74) is 6.26. The first-order valence-corrected chi connectivity index (χ1v) is 6.79. The third-order valence-corrected chi connectivity index (χ3v) is 3.50. The fourth-order valence-electron chi connectivity index (χ4n) is 1.61. The molecule has 0 heterocycles.